The molecule has 0 fully saturated rings. The summed E-state index contributed by atoms with van der Waals surface area (Å²) in [6, 6.07) is 5.71. The van der Waals surface area contributed by atoms with Gasteiger partial charge in [0, 0.05) is 16.3 Å². The number of sulfonamides is 1. The van der Waals surface area contributed by atoms with Gasteiger partial charge in [-0.25, -0.2) is 23.3 Å². The summed E-state index contributed by atoms with van der Waals surface area (Å²) in [6.07, 6.45) is 0. The molecule has 0 unspecified atom stereocenters. The van der Waals surface area contributed by atoms with Gasteiger partial charge in [-0.15, -0.1) is 11.3 Å². The number of nitrogens with zero attached hydrogens (tertiary/aromatic N) is 1. The molecule has 2 N–H and O–H groups in total. The summed E-state index contributed by atoms with van der Waals surface area (Å²) < 4.78 is 28.1. The van der Waals surface area contributed by atoms with Crippen molar-refractivity contribution in [3.63, 3.8) is 0 Å². The highest BCUT2D eigenvalue weighted by molar-refractivity contribution is 7.89. The Labute approximate surface area is 156 Å². The van der Waals surface area contributed by atoms with E-state index in [1.165, 1.54) is 23.5 Å². The van der Waals surface area contributed by atoms with Crippen molar-refractivity contribution in [1.29, 1.82) is 0 Å². The lowest BCUT2D eigenvalue weighted by molar-refractivity contribution is 0.0468. The molecule has 10 heteroatoms. The van der Waals surface area contributed by atoms with Crippen LogP contribution in [0.25, 0.3) is 10.6 Å². The molecule has 0 atom stereocenters. The monoisotopic (exact) mass is 414 g/mol. The van der Waals surface area contributed by atoms with E-state index in [0.29, 0.717) is 5.69 Å². The van der Waals surface area contributed by atoms with Gasteiger partial charge >= 0.3 is 5.97 Å². The summed E-state index contributed by atoms with van der Waals surface area (Å²) in [6.45, 7) is -0.0210. The Morgan fingerprint density at radius 1 is 1.28 bits per heavy atom. The first-order valence-corrected chi connectivity index (χ1v) is 10.6. The number of aromatic nitrogens is 1. The van der Waals surface area contributed by atoms with E-state index in [-0.39, 0.29) is 22.1 Å². The van der Waals surface area contributed by atoms with Crippen LogP contribution in [0.5, 0.6) is 0 Å². The van der Waals surface area contributed by atoms with Crippen LogP contribution in [0.1, 0.15) is 16.1 Å². The number of carbonyl (C=O) groups is 1. The molecule has 130 valence electrons. The maximum Gasteiger partial charge on any atom is 0.338 e. The van der Waals surface area contributed by atoms with E-state index >= 15 is 0 Å². The van der Waals surface area contributed by atoms with Gasteiger partial charge in [-0.1, -0.05) is 11.6 Å². The Morgan fingerprint density at radius 3 is 2.76 bits per heavy atom. The third-order valence-electron chi connectivity index (χ3n) is 3.14. The molecule has 25 heavy (non-hydrogen) atoms. The topological polar surface area (TPSA) is 99.4 Å². The number of carbonyl (C=O) groups excluding carboxylic acids is 1. The molecule has 0 bridgehead atoms. The van der Waals surface area contributed by atoms with Crippen molar-refractivity contribution in [2.45, 2.75) is 11.5 Å². The van der Waals surface area contributed by atoms with E-state index in [0.717, 1.165) is 16.6 Å². The minimum absolute atomic E-state index is 0.0210. The van der Waals surface area contributed by atoms with Crippen LogP contribution >= 0.6 is 34.3 Å². The van der Waals surface area contributed by atoms with Crippen LogP contribution in [0.15, 0.2) is 45.3 Å². The zero-order valence-corrected chi connectivity index (χ0v) is 15.7. The van der Waals surface area contributed by atoms with Gasteiger partial charge in [-0.3, -0.25) is 0 Å². The predicted molar refractivity (Wildman–Crippen MR) is 97.4 cm³/mol. The predicted octanol–water partition coefficient (Wildman–Crippen LogP) is 3.53. The molecular weight excluding hydrogens is 404 g/mol. The fourth-order valence-corrected chi connectivity index (χ4v) is 4.55. The lowest BCUT2D eigenvalue weighted by Crippen LogP contribution is -2.14. The van der Waals surface area contributed by atoms with Crippen molar-refractivity contribution >= 4 is 50.3 Å². The third-order valence-corrected chi connectivity index (χ3v) is 6.16. The number of rotatable bonds is 5. The van der Waals surface area contributed by atoms with E-state index in [9.17, 15) is 13.2 Å². The molecule has 2 heterocycles. The second kappa shape index (κ2) is 7.22. The van der Waals surface area contributed by atoms with Crippen LogP contribution in [-0.2, 0) is 21.4 Å². The number of hydrogen-bond acceptors (Lipinski definition) is 7. The maximum absolute atomic E-state index is 12.1. The molecule has 0 radical (unpaired) electrons. The van der Waals surface area contributed by atoms with Crippen LogP contribution in [0.3, 0.4) is 0 Å². The smallest absolute Gasteiger partial charge is 0.338 e. The zero-order valence-electron chi connectivity index (χ0n) is 12.5. The first-order valence-electron chi connectivity index (χ1n) is 6.81. The Hall–Kier alpha value is -1.78. The van der Waals surface area contributed by atoms with E-state index < -0.39 is 16.0 Å². The molecule has 3 rings (SSSR count). The van der Waals surface area contributed by atoms with E-state index in [4.69, 9.17) is 21.5 Å². The number of thiophene rings is 1. The summed E-state index contributed by atoms with van der Waals surface area (Å²) in [5, 5.41) is 11.6. The average Bonchev–Trinajstić information content (AvgIpc) is 3.23. The highest BCUT2D eigenvalue weighted by Crippen LogP contribution is 2.26. The highest BCUT2D eigenvalue weighted by Gasteiger charge is 2.17. The van der Waals surface area contributed by atoms with Crippen molar-refractivity contribution in [2.24, 2.45) is 5.14 Å². The maximum atomic E-state index is 12.1. The minimum atomic E-state index is -4.03. The minimum Gasteiger partial charge on any atom is -0.456 e. The molecule has 3 aromatic rings. The number of ether oxygens (including phenoxy) is 1. The Kier molecular flexibility index (Phi) is 5.21. The van der Waals surface area contributed by atoms with Crippen molar-refractivity contribution in [2.75, 3.05) is 0 Å². The van der Waals surface area contributed by atoms with Gasteiger partial charge in [-0.05, 0) is 29.6 Å². The first-order chi connectivity index (χ1) is 11.8. The first kappa shape index (κ1) is 18.0. The molecule has 0 aliphatic heterocycles. The number of nitrogens with two attached hydrogens (primary N) is 1. The molecule has 6 nitrogen and oxygen atoms in total. The summed E-state index contributed by atoms with van der Waals surface area (Å²) in [5.74, 6) is -0.688. The largest absolute Gasteiger partial charge is 0.456 e. The molecule has 1 aromatic carbocycles. The molecule has 0 saturated carbocycles. The normalized spacial score (nSPS) is 11.4. The quantitative estimate of drug-likeness (QED) is 0.644. The van der Waals surface area contributed by atoms with Crippen LogP contribution in [0, 0.1) is 0 Å². The Balaban J connectivity index is 1.71. The second-order valence-corrected chi connectivity index (χ2v) is 8.50. The molecule has 0 spiro atoms. The summed E-state index contributed by atoms with van der Waals surface area (Å²) >= 11 is 8.82. The van der Waals surface area contributed by atoms with Crippen molar-refractivity contribution in [1.82, 2.24) is 4.98 Å². The van der Waals surface area contributed by atoms with Gasteiger partial charge in [0.15, 0.2) is 0 Å². The van der Waals surface area contributed by atoms with Gasteiger partial charge in [0.05, 0.1) is 16.3 Å². The molecule has 2 aromatic heterocycles. The van der Waals surface area contributed by atoms with Crippen LogP contribution < -0.4 is 5.14 Å². The van der Waals surface area contributed by atoms with Crippen LogP contribution in [-0.4, -0.2) is 19.4 Å². The van der Waals surface area contributed by atoms with Crippen molar-refractivity contribution < 1.29 is 17.9 Å². The number of esters is 1. The summed E-state index contributed by atoms with van der Waals surface area (Å²) in [7, 11) is -4.03. The van der Waals surface area contributed by atoms with Gasteiger partial charge in [-0.2, -0.15) is 11.3 Å². The summed E-state index contributed by atoms with van der Waals surface area (Å²) in [5.41, 5.74) is 1.67. The Bertz CT molecular complexity index is 1010. The van der Waals surface area contributed by atoms with Gasteiger partial charge in [0.1, 0.15) is 16.5 Å². The van der Waals surface area contributed by atoms with Crippen molar-refractivity contribution in [3.05, 3.63) is 56.7 Å². The number of primary sulfonamides is 1. The SMILES string of the molecule is NS(=O)(=O)c1cc(C(=O)OCc2csc(-c3ccsc3)n2)ccc1Cl. The van der Waals surface area contributed by atoms with E-state index in [1.807, 2.05) is 16.8 Å². The number of benzene rings is 1. The van der Waals surface area contributed by atoms with Crippen molar-refractivity contribution in [3.8, 4) is 10.6 Å². The van der Waals surface area contributed by atoms with Gasteiger partial charge in [0.2, 0.25) is 10.0 Å². The summed E-state index contributed by atoms with van der Waals surface area (Å²) in [4.78, 5) is 16.2. The molecule has 0 aliphatic carbocycles. The second-order valence-electron chi connectivity index (χ2n) is 4.92. The average molecular weight is 415 g/mol. The van der Waals surface area contributed by atoms with Crippen LogP contribution in [0.4, 0.5) is 0 Å². The standard InChI is InChI=1S/C15H11ClN2O4S3/c16-12-2-1-9(5-13(12)25(17,20)21)15(19)22-6-11-8-24-14(18-11)10-3-4-23-7-10/h1-5,7-8H,6H2,(H2,17,20,21). The lowest BCUT2D eigenvalue weighted by Gasteiger charge is -2.06. The highest BCUT2D eigenvalue weighted by atomic mass is 35.5. The lowest BCUT2D eigenvalue weighted by atomic mass is 10.2. The molecular formula is C15H11ClN2O4S3. The molecule has 0 aliphatic rings. The fraction of sp³-hybridized carbons (Fsp3) is 0.0667. The third kappa shape index (κ3) is 4.25. The van der Waals surface area contributed by atoms with Gasteiger partial charge < -0.3 is 4.74 Å². The Morgan fingerprint density at radius 2 is 2.08 bits per heavy atom. The number of thiazole rings is 1. The van der Waals surface area contributed by atoms with Crippen LogP contribution in [0.2, 0.25) is 5.02 Å². The fourth-order valence-electron chi connectivity index (χ4n) is 1.96. The number of hydrogen-bond donors (Lipinski definition) is 1. The van der Waals surface area contributed by atoms with E-state index in [1.54, 1.807) is 16.7 Å². The number of halogens is 1. The van der Waals surface area contributed by atoms with E-state index in [2.05, 4.69) is 4.98 Å². The van der Waals surface area contributed by atoms with Gasteiger partial charge in [0.25, 0.3) is 0 Å². The molecule has 0 amide bonds. The zero-order chi connectivity index (χ0) is 18.0. The molecule has 0 saturated heterocycles.